The van der Waals surface area contributed by atoms with Crippen molar-refractivity contribution < 1.29 is 18.9 Å². The van der Waals surface area contributed by atoms with Gasteiger partial charge in [0, 0.05) is 10.7 Å². The first-order valence-electron chi connectivity index (χ1n) is 9.59. The van der Waals surface area contributed by atoms with Crippen molar-refractivity contribution in [1.82, 2.24) is 25.4 Å². The molecule has 3 aromatic rings. The zero-order chi connectivity index (χ0) is 22.4. The van der Waals surface area contributed by atoms with Crippen molar-refractivity contribution in [2.24, 2.45) is 0 Å². The molecule has 1 atom stereocenters. The van der Waals surface area contributed by atoms with Crippen LogP contribution in [0.25, 0.3) is 5.69 Å². The second-order valence-corrected chi connectivity index (χ2v) is 8.43. The van der Waals surface area contributed by atoms with Crippen molar-refractivity contribution in [3.63, 3.8) is 0 Å². The first-order valence-corrected chi connectivity index (χ1v) is 11.0. The zero-order valence-corrected chi connectivity index (χ0v) is 19.0. The smallest absolute Gasteiger partial charge is 0.321 e. The van der Waals surface area contributed by atoms with E-state index in [2.05, 4.69) is 27.8 Å². The van der Waals surface area contributed by atoms with Gasteiger partial charge < -0.3 is 14.6 Å². The highest BCUT2D eigenvalue weighted by Gasteiger charge is 2.24. The van der Waals surface area contributed by atoms with Crippen LogP contribution in [0.15, 0.2) is 52.2 Å². The number of carbonyl (C=O) groups is 2. The maximum absolute atomic E-state index is 12.2. The van der Waals surface area contributed by atoms with Gasteiger partial charge in [-0.2, -0.15) is 0 Å². The van der Waals surface area contributed by atoms with Gasteiger partial charge in [-0.25, -0.2) is 4.79 Å². The topological polar surface area (TPSA) is 106 Å². The Balaban J connectivity index is 1.67. The molecule has 2 aromatic heterocycles. The van der Waals surface area contributed by atoms with Gasteiger partial charge in [0.2, 0.25) is 5.91 Å². The van der Waals surface area contributed by atoms with Crippen LogP contribution in [0.3, 0.4) is 0 Å². The number of rotatable bonds is 8. The molecule has 0 fully saturated rings. The quantitative estimate of drug-likeness (QED) is 0.440. The molecular formula is C20H24ClN6O3S+. The fourth-order valence-corrected chi connectivity index (χ4v) is 3.55. The van der Waals surface area contributed by atoms with Gasteiger partial charge in [0.05, 0.1) is 32.7 Å². The molecule has 2 heterocycles. The van der Waals surface area contributed by atoms with E-state index >= 15 is 0 Å². The maximum Gasteiger partial charge on any atom is 0.321 e. The van der Waals surface area contributed by atoms with Gasteiger partial charge in [0.25, 0.3) is 0 Å². The Kier molecular flexibility index (Phi) is 7.72. The molecule has 0 aliphatic rings. The van der Waals surface area contributed by atoms with E-state index in [0.717, 1.165) is 11.5 Å². The number of amides is 3. The first-order chi connectivity index (χ1) is 14.8. The molecular weight excluding hydrogens is 440 g/mol. The fourth-order valence-electron chi connectivity index (χ4n) is 2.66. The first kappa shape index (κ1) is 22.9. The highest BCUT2D eigenvalue weighted by molar-refractivity contribution is 7.99. The van der Waals surface area contributed by atoms with Gasteiger partial charge in [0.15, 0.2) is 11.0 Å². The van der Waals surface area contributed by atoms with Gasteiger partial charge in [-0.05, 0) is 43.3 Å². The van der Waals surface area contributed by atoms with E-state index in [4.69, 9.17) is 16.0 Å². The van der Waals surface area contributed by atoms with Gasteiger partial charge in [0.1, 0.15) is 11.8 Å². The number of urea groups is 1. The molecule has 3 N–H and O–H groups in total. The Morgan fingerprint density at radius 2 is 1.97 bits per heavy atom. The minimum absolute atomic E-state index is 0.00307. The number of carbonyl (C=O) groups excluding carboxylic acids is 2. The summed E-state index contributed by atoms with van der Waals surface area (Å²) in [5.41, 5.74) is 0.844. The predicted octanol–water partition coefficient (Wildman–Crippen LogP) is 1.84. The normalized spacial score (nSPS) is 12.0. The molecule has 0 spiro atoms. The number of aromatic nitrogens is 3. The Bertz CT molecular complexity index is 1020. The molecule has 1 aromatic carbocycles. The minimum atomic E-state index is -0.591. The molecule has 31 heavy (non-hydrogen) atoms. The molecule has 11 heteroatoms. The molecule has 0 saturated heterocycles. The maximum atomic E-state index is 12.2. The number of furan rings is 1. The lowest BCUT2D eigenvalue weighted by atomic mass is 10.2. The summed E-state index contributed by atoms with van der Waals surface area (Å²) in [6.45, 7) is 2.24. The summed E-state index contributed by atoms with van der Waals surface area (Å²) in [4.78, 5) is 25.3. The molecule has 3 amide bonds. The second kappa shape index (κ2) is 10.5. The van der Waals surface area contributed by atoms with Crippen LogP contribution in [0, 0.1) is 0 Å². The Labute approximate surface area is 189 Å². The van der Waals surface area contributed by atoms with E-state index in [1.807, 2.05) is 30.8 Å². The summed E-state index contributed by atoms with van der Waals surface area (Å²) < 4.78 is 7.04. The van der Waals surface area contributed by atoms with Gasteiger partial charge >= 0.3 is 6.03 Å². The van der Waals surface area contributed by atoms with Crippen molar-refractivity contribution in [2.45, 2.75) is 24.7 Å². The van der Waals surface area contributed by atoms with Crippen LogP contribution in [0.4, 0.5) is 4.79 Å². The van der Waals surface area contributed by atoms with Crippen molar-refractivity contribution in [1.29, 1.82) is 0 Å². The van der Waals surface area contributed by atoms with Gasteiger partial charge in [-0.3, -0.25) is 14.7 Å². The summed E-state index contributed by atoms with van der Waals surface area (Å²) in [7, 11) is 4.07. The van der Waals surface area contributed by atoms with Gasteiger partial charge in [-0.15, -0.1) is 10.2 Å². The molecule has 164 valence electrons. The van der Waals surface area contributed by atoms with Gasteiger partial charge in [-0.1, -0.05) is 23.4 Å². The monoisotopic (exact) mass is 463 g/mol. The lowest BCUT2D eigenvalue weighted by molar-refractivity contribution is -0.890. The second-order valence-electron chi connectivity index (χ2n) is 7.05. The Morgan fingerprint density at radius 3 is 2.61 bits per heavy atom. The number of hydrogen-bond donors (Lipinski definition) is 3. The van der Waals surface area contributed by atoms with Crippen LogP contribution in [0.1, 0.15) is 24.6 Å². The lowest BCUT2D eigenvalue weighted by Crippen LogP contribution is -3.05. The number of imide groups is 1. The van der Waals surface area contributed by atoms with E-state index in [1.165, 1.54) is 22.9 Å². The number of thioether (sulfide) groups is 1. The van der Waals surface area contributed by atoms with E-state index in [0.29, 0.717) is 15.9 Å². The van der Waals surface area contributed by atoms with Crippen LogP contribution in [-0.2, 0) is 11.3 Å². The molecule has 0 radical (unpaired) electrons. The highest BCUT2D eigenvalue weighted by atomic mass is 35.5. The Morgan fingerprint density at radius 1 is 1.23 bits per heavy atom. The third-order valence-corrected chi connectivity index (χ3v) is 5.77. The molecule has 0 aliphatic carbocycles. The third kappa shape index (κ3) is 6.09. The minimum Gasteiger partial charge on any atom is -0.467 e. The molecule has 0 aliphatic heterocycles. The van der Waals surface area contributed by atoms with Crippen LogP contribution >= 0.6 is 23.4 Å². The number of quaternary nitrogens is 1. The van der Waals surface area contributed by atoms with Crippen molar-refractivity contribution in [3.05, 3.63) is 59.3 Å². The molecule has 3 rings (SSSR count). The number of nitrogens with one attached hydrogen (secondary N) is 3. The van der Waals surface area contributed by atoms with E-state index in [9.17, 15) is 9.59 Å². The summed E-state index contributed by atoms with van der Waals surface area (Å²) in [5.74, 6) is 0.919. The standard InChI is InChI=1S/C20H23ClN6O3S/c1-13(26(2)3)18-24-25-20(27(18)15-8-6-14(21)7-9-15)31-12-17(28)23-19(29)22-11-16-5-4-10-30-16/h4-10,13H,11-12H2,1-3H3,(H2,22,23,28,29)/p+1/t13-/m1/s1. The van der Waals surface area contributed by atoms with Crippen LogP contribution in [-0.4, -0.2) is 46.6 Å². The third-order valence-electron chi connectivity index (χ3n) is 4.59. The van der Waals surface area contributed by atoms with Crippen molar-refractivity contribution >= 4 is 35.3 Å². The average molecular weight is 464 g/mol. The molecule has 0 saturated carbocycles. The Hall–Kier alpha value is -2.82. The summed E-state index contributed by atoms with van der Waals surface area (Å²) in [6.07, 6.45) is 1.51. The summed E-state index contributed by atoms with van der Waals surface area (Å²) in [5, 5.41) is 14.7. The number of halogens is 1. The average Bonchev–Trinajstić information content (AvgIpc) is 3.40. The largest absolute Gasteiger partial charge is 0.467 e. The van der Waals surface area contributed by atoms with Crippen molar-refractivity contribution in [2.75, 3.05) is 19.8 Å². The number of hydrogen-bond acceptors (Lipinski definition) is 6. The van der Waals surface area contributed by atoms with E-state index in [1.54, 1.807) is 24.3 Å². The molecule has 9 nitrogen and oxygen atoms in total. The lowest BCUT2D eigenvalue weighted by Gasteiger charge is -2.18. The zero-order valence-electron chi connectivity index (χ0n) is 17.4. The summed E-state index contributed by atoms with van der Waals surface area (Å²) >= 11 is 7.23. The van der Waals surface area contributed by atoms with Crippen LogP contribution in [0.5, 0.6) is 0 Å². The molecule has 0 bridgehead atoms. The SMILES string of the molecule is C[C@H](c1nnc(SCC(=O)NC(=O)NCc2ccco2)n1-c1ccc(Cl)cc1)[NH+](C)C. The highest BCUT2D eigenvalue weighted by Crippen LogP contribution is 2.25. The van der Waals surface area contributed by atoms with Crippen molar-refractivity contribution in [3.8, 4) is 5.69 Å². The van der Waals surface area contributed by atoms with Crippen LogP contribution < -0.4 is 15.5 Å². The number of benzene rings is 1. The molecule has 0 unspecified atom stereocenters. The predicted molar refractivity (Wildman–Crippen MR) is 117 cm³/mol. The summed E-state index contributed by atoms with van der Waals surface area (Å²) in [6, 6.07) is 10.3. The fraction of sp³-hybridized carbons (Fsp3) is 0.300. The van der Waals surface area contributed by atoms with E-state index < -0.39 is 11.9 Å². The van der Waals surface area contributed by atoms with E-state index in [-0.39, 0.29) is 18.3 Å². The number of nitrogens with zero attached hydrogens (tertiary/aromatic N) is 3. The van der Waals surface area contributed by atoms with Crippen LogP contribution in [0.2, 0.25) is 5.02 Å².